The first kappa shape index (κ1) is 29.5. The smallest absolute Gasteiger partial charge is 0.416 e. The Kier molecular flexibility index (Phi) is 8.86. The number of alkyl carbamates (subject to hydrolysis) is 1. The van der Waals surface area contributed by atoms with E-state index in [4.69, 9.17) is 19.6 Å². The van der Waals surface area contributed by atoms with Gasteiger partial charge in [-0.25, -0.2) is 18.6 Å². The number of primary amides is 1. The molecule has 1 atom stereocenters. The number of nitrogens with zero attached hydrogens (tertiary/aromatic N) is 2. The van der Waals surface area contributed by atoms with E-state index in [-0.39, 0.29) is 28.4 Å². The molecule has 0 aliphatic rings. The first-order valence-corrected chi connectivity index (χ1v) is 12.3. The summed E-state index contributed by atoms with van der Waals surface area (Å²) in [6.07, 6.45) is -3.87. The standard InChI is InChI=1S/C26H18BrF5N4O5/c27-22-21(14-1-3-15(4-2-14)26(30,31)32)36-24(41-22)18(12-39-25(38)35-11-13-7-9-34-10-8-13)40-17-6-5-16(28)19(20(17)29)23(33)37/h1-10,18H,11-12H2,(H2,33,37)(H,35,38). The quantitative estimate of drug-likeness (QED) is 0.217. The molecular weight excluding hydrogens is 623 g/mol. The lowest BCUT2D eigenvalue weighted by atomic mass is 10.1. The van der Waals surface area contributed by atoms with E-state index in [9.17, 15) is 31.5 Å². The van der Waals surface area contributed by atoms with Crippen molar-refractivity contribution >= 4 is 27.9 Å². The number of halogens is 6. The molecule has 1 unspecified atom stereocenters. The van der Waals surface area contributed by atoms with Gasteiger partial charge >= 0.3 is 12.3 Å². The lowest BCUT2D eigenvalue weighted by Crippen LogP contribution is -2.27. The van der Waals surface area contributed by atoms with Crippen LogP contribution in [0.5, 0.6) is 5.75 Å². The number of carbonyl (C=O) groups excluding carboxylic acids is 2. The number of pyridine rings is 1. The van der Waals surface area contributed by atoms with E-state index >= 15 is 0 Å². The van der Waals surface area contributed by atoms with Crippen molar-refractivity contribution in [3.63, 3.8) is 0 Å². The zero-order chi connectivity index (χ0) is 29.7. The number of aromatic nitrogens is 2. The second-order valence-electron chi connectivity index (χ2n) is 8.26. The van der Waals surface area contributed by atoms with Crippen LogP contribution >= 0.6 is 15.9 Å². The Morgan fingerprint density at radius 2 is 1.73 bits per heavy atom. The van der Waals surface area contributed by atoms with Crippen LogP contribution in [-0.4, -0.2) is 28.6 Å². The number of rotatable bonds is 9. The summed E-state index contributed by atoms with van der Waals surface area (Å²) in [6, 6.07) is 8.96. The van der Waals surface area contributed by atoms with Gasteiger partial charge in [-0.2, -0.15) is 13.2 Å². The third kappa shape index (κ3) is 7.16. The van der Waals surface area contributed by atoms with Gasteiger partial charge in [0.05, 0.1) is 5.56 Å². The molecule has 0 aliphatic carbocycles. The molecule has 2 heterocycles. The minimum Gasteiger partial charge on any atom is -0.474 e. The van der Waals surface area contributed by atoms with E-state index in [1.54, 1.807) is 12.1 Å². The van der Waals surface area contributed by atoms with Gasteiger partial charge in [-0.3, -0.25) is 9.78 Å². The van der Waals surface area contributed by atoms with E-state index < -0.39 is 59.4 Å². The third-order valence-corrected chi connectivity index (χ3v) is 6.02. The van der Waals surface area contributed by atoms with Crippen molar-refractivity contribution in [2.24, 2.45) is 5.73 Å². The SMILES string of the molecule is NC(=O)c1c(F)ccc(OC(COC(=O)NCc2ccncc2)c2nc(-c3ccc(C(F)(F)F)cc3)c(Br)o2)c1F. The van der Waals surface area contributed by atoms with Crippen LogP contribution in [0.1, 0.15) is 33.5 Å². The van der Waals surface area contributed by atoms with E-state index in [1.165, 1.54) is 12.4 Å². The summed E-state index contributed by atoms with van der Waals surface area (Å²) in [5.41, 5.74) is 4.12. The molecule has 214 valence electrons. The van der Waals surface area contributed by atoms with Gasteiger partial charge in [0.1, 0.15) is 23.7 Å². The van der Waals surface area contributed by atoms with Gasteiger partial charge in [0, 0.05) is 24.5 Å². The highest BCUT2D eigenvalue weighted by Gasteiger charge is 2.31. The molecule has 2 aromatic carbocycles. The maximum absolute atomic E-state index is 14.9. The fraction of sp³-hybridized carbons (Fsp3) is 0.154. The summed E-state index contributed by atoms with van der Waals surface area (Å²) in [4.78, 5) is 32.0. The normalized spacial score (nSPS) is 12.0. The fourth-order valence-corrected chi connectivity index (χ4v) is 3.97. The Balaban J connectivity index is 1.60. The molecule has 0 fully saturated rings. The molecule has 0 saturated carbocycles. The summed E-state index contributed by atoms with van der Waals surface area (Å²) in [5, 5.41) is 2.49. The average molecular weight is 641 g/mol. The summed E-state index contributed by atoms with van der Waals surface area (Å²) < 4.78 is 84.1. The van der Waals surface area contributed by atoms with Crippen LogP contribution in [0.4, 0.5) is 26.7 Å². The van der Waals surface area contributed by atoms with Crippen molar-refractivity contribution < 1.29 is 45.4 Å². The Labute approximate surface area is 236 Å². The lowest BCUT2D eigenvalue weighted by molar-refractivity contribution is -0.137. The molecule has 0 saturated heterocycles. The summed E-state index contributed by atoms with van der Waals surface area (Å²) in [5.74, 6) is -4.97. The highest BCUT2D eigenvalue weighted by molar-refractivity contribution is 9.10. The molecule has 2 aromatic heterocycles. The van der Waals surface area contributed by atoms with Gasteiger partial charge in [0.15, 0.2) is 16.2 Å². The summed E-state index contributed by atoms with van der Waals surface area (Å²) >= 11 is 3.13. The molecule has 0 spiro atoms. The van der Waals surface area contributed by atoms with Crippen molar-refractivity contribution in [1.29, 1.82) is 0 Å². The molecule has 9 nitrogen and oxygen atoms in total. The Hall–Kier alpha value is -4.53. The molecule has 15 heteroatoms. The van der Waals surface area contributed by atoms with Crippen molar-refractivity contribution in [2.75, 3.05) is 6.61 Å². The Bertz CT molecular complexity index is 1550. The fourth-order valence-electron chi connectivity index (χ4n) is 3.49. The average Bonchev–Trinajstić information content (AvgIpc) is 3.32. The number of ether oxygens (including phenoxy) is 2. The number of hydrogen-bond donors (Lipinski definition) is 2. The molecule has 4 aromatic rings. The highest BCUT2D eigenvalue weighted by Crippen LogP contribution is 2.36. The predicted octanol–water partition coefficient (Wildman–Crippen LogP) is 5.94. The first-order chi connectivity index (χ1) is 19.4. The highest BCUT2D eigenvalue weighted by atomic mass is 79.9. The van der Waals surface area contributed by atoms with Gasteiger partial charge in [0.25, 0.3) is 5.91 Å². The number of carbonyl (C=O) groups is 2. The zero-order valence-electron chi connectivity index (χ0n) is 20.5. The third-order valence-electron chi connectivity index (χ3n) is 5.49. The van der Waals surface area contributed by atoms with Crippen LogP contribution in [0.25, 0.3) is 11.3 Å². The minimum atomic E-state index is -4.55. The number of oxazole rings is 1. The minimum absolute atomic E-state index is 0.0274. The van der Waals surface area contributed by atoms with E-state index in [0.29, 0.717) is 0 Å². The van der Waals surface area contributed by atoms with Crippen LogP contribution < -0.4 is 15.8 Å². The van der Waals surface area contributed by atoms with Crippen molar-refractivity contribution in [2.45, 2.75) is 18.8 Å². The van der Waals surface area contributed by atoms with Crippen LogP contribution in [-0.2, 0) is 17.5 Å². The second-order valence-corrected chi connectivity index (χ2v) is 8.98. The molecule has 41 heavy (non-hydrogen) atoms. The van der Waals surface area contributed by atoms with E-state index in [2.05, 4.69) is 31.2 Å². The van der Waals surface area contributed by atoms with Crippen molar-refractivity contribution in [3.8, 4) is 17.0 Å². The topological polar surface area (TPSA) is 130 Å². The maximum Gasteiger partial charge on any atom is 0.416 e. The number of benzene rings is 2. The zero-order valence-corrected chi connectivity index (χ0v) is 22.1. The van der Waals surface area contributed by atoms with Crippen LogP contribution in [0, 0.1) is 11.6 Å². The van der Waals surface area contributed by atoms with E-state index in [0.717, 1.165) is 42.0 Å². The van der Waals surface area contributed by atoms with Crippen LogP contribution in [0.3, 0.4) is 0 Å². The van der Waals surface area contributed by atoms with Gasteiger partial charge in [-0.05, 0) is 57.9 Å². The number of nitrogens with one attached hydrogen (secondary N) is 1. The predicted molar refractivity (Wildman–Crippen MR) is 135 cm³/mol. The maximum atomic E-state index is 14.9. The van der Waals surface area contributed by atoms with Gasteiger partial charge in [0.2, 0.25) is 12.0 Å². The number of amides is 2. The summed E-state index contributed by atoms with van der Waals surface area (Å²) in [7, 11) is 0. The number of hydrogen-bond acceptors (Lipinski definition) is 7. The lowest BCUT2D eigenvalue weighted by Gasteiger charge is -2.18. The first-order valence-electron chi connectivity index (χ1n) is 11.5. The molecular formula is C26H18BrF5N4O5. The van der Waals surface area contributed by atoms with Crippen LogP contribution in [0.15, 0.2) is 70.0 Å². The van der Waals surface area contributed by atoms with Crippen LogP contribution in [0.2, 0.25) is 0 Å². The molecule has 0 bridgehead atoms. The Morgan fingerprint density at radius 1 is 1.05 bits per heavy atom. The van der Waals surface area contributed by atoms with Gasteiger partial charge in [-0.1, -0.05) is 12.1 Å². The second kappa shape index (κ2) is 12.3. The molecule has 2 amide bonds. The van der Waals surface area contributed by atoms with Crippen molar-refractivity contribution in [3.05, 3.63) is 99.8 Å². The number of nitrogens with two attached hydrogens (primary N) is 1. The van der Waals surface area contributed by atoms with Gasteiger partial charge < -0.3 is 24.9 Å². The van der Waals surface area contributed by atoms with Gasteiger partial charge in [-0.15, -0.1) is 0 Å². The number of alkyl halides is 3. The van der Waals surface area contributed by atoms with Crippen molar-refractivity contribution in [1.82, 2.24) is 15.3 Å². The van der Waals surface area contributed by atoms with E-state index in [1.807, 2.05) is 0 Å². The molecule has 4 rings (SSSR count). The largest absolute Gasteiger partial charge is 0.474 e. The molecule has 0 aliphatic heterocycles. The monoisotopic (exact) mass is 640 g/mol. The summed E-state index contributed by atoms with van der Waals surface area (Å²) in [6.45, 7) is -0.533. The molecule has 3 N–H and O–H groups in total. The Morgan fingerprint density at radius 3 is 2.37 bits per heavy atom. The molecule has 0 radical (unpaired) electrons.